The molecule has 0 aromatic rings. The van der Waals surface area contributed by atoms with Crippen molar-refractivity contribution < 1.29 is 53.0 Å². The topological polar surface area (TPSA) is 94.5 Å². The smallest absolute Gasteiger partial charge is 0.761 e. The van der Waals surface area contributed by atoms with E-state index in [0.29, 0.717) is 6.26 Å². The summed E-state index contributed by atoms with van der Waals surface area (Å²) >= 11 is 0. The average molecular weight is 204 g/mol. The average Bonchev–Trinajstić information content (AvgIpc) is 1.57. The summed E-state index contributed by atoms with van der Waals surface area (Å²) in [5, 5.41) is 6.27. The largest absolute Gasteiger partial charge is 1.00 e. The first-order valence-electron chi connectivity index (χ1n) is 2.72. The molecule has 0 spiro atoms. The molecule has 1 N–H and O–H groups in total. The number of carbonyl (C=O) groups excluding carboxylic acids is 1. The van der Waals surface area contributed by atoms with Gasteiger partial charge in [-0.3, -0.25) is 4.79 Å². The fourth-order valence-electron chi connectivity index (χ4n) is 0.533. The molecule has 0 heterocycles. The van der Waals surface area contributed by atoms with Crippen molar-refractivity contribution in [2.75, 3.05) is 12.0 Å². The summed E-state index contributed by atoms with van der Waals surface area (Å²) in [6.07, 6.45) is 0.556. The molecule has 12 heavy (non-hydrogen) atoms. The van der Waals surface area contributed by atoms with E-state index in [1.165, 1.54) is 0 Å². The number of ketones is 1. The van der Waals surface area contributed by atoms with Crippen molar-refractivity contribution in [3.05, 3.63) is 0 Å². The monoisotopic (exact) mass is 204 g/mol. The number of carbonyl (C=O) groups is 2. The minimum absolute atomic E-state index is 0. The molecule has 0 atom stereocenters. The summed E-state index contributed by atoms with van der Waals surface area (Å²) < 4.78 is 21.8. The second kappa shape index (κ2) is 3.97. The van der Waals surface area contributed by atoms with Crippen LogP contribution < -0.4 is 29.6 Å². The summed E-state index contributed by atoms with van der Waals surface area (Å²) in [5.74, 6) is -1.62. The number of hydrogen-bond donors (Lipinski definition) is 1. The minimum atomic E-state index is -5.00. The van der Waals surface area contributed by atoms with E-state index in [-0.39, 0.29) is 29.6 Å². The Morgan fingerprint density at radius 3 is 1.92 bits per heavy atom. The molecule has 0 radical (unpaired) electrons. The molecule has 5 nitrogen and oxygen atoms in total. The molecule has 0 saturated heterocycles. The molecule has 0 rings (SSSR count). The van der Waals surface area contributed by atoms with Gasteiger partial charge in [-0.1, -0.05) is 0 Å². The van der Waals surface area contributed by atoms with Gasteiger partial charge in [0.25, 0.3) is 0 Å². The number of hydrogen-bond acceptors (Lipinski definition) is 4. The molecular formula is C5H9NaO5S. The molecule has 0 aliphatic carbocycles. The first-order valence-corrected chi connectivity index (χ1v) is 5.19. The Labute approximate surface area is 92.0 Å². The van der Waals surface area contributed by atoms with E-state index in [9.17, 15) is 18.4 Å². The van der Waals surface area contributed by atoms with E-state index in [4.69, 9.17) is 5.11 Å². The number of sulfone groups is 3. The van der Waals surface area contributed by atoms with Gasteiger partial charge in [-0.2, -0.15) is 0 Å². The van der Waals surface area contributed by atoms with Crippen LogP contribution in [0, 0.1) is 0 Å². The Bertz CT molecular complexity index is 265. The first kappa shape index (κ1) is 14.8. The molecule has 66 valence electrons. The third-order valence-electron chi connectivity index (χ3n) is 0.978. The summed E-state index contributed by atoms with van der Waals surface area (Å²) in [6, 6.07) is 0. The number of carboxylic acid groups (broad SMARTS) is 1. The van der Waals surface area contributed by atoms with Crippen LogP contribution in [0.1, 0.15) is 6.92 Å². The van der Waals surface area contributed by atoms with Crippen LogP contribution in [0.2, 0.25) is 0 Å². The van der Waals surface area contributed by atoms with Gasteiger partial charge in [-0.25, -0.2) is 18.4 Å². The number of Topliss-reactive ketones (excluding diaryl/α,β-unsaturated/α-hetero) is 1. The molecule has 0 bridgehead atoms. The van der Waals surface area contributed by atoms with Crippen LogP contribution in [-0.4, -0.2) is 37.0 Å². The van der Waals surface area contributed by atoms with Gasteiger partial charge in [-0.15, -0.1) is 0 Å². The zero-order chi connectivity index (χ0) is 9.31. The van der Waals surface area contributed by atoms with E-state index >= 15 is 0 Å². The van der Waals surface area contributed by atoms with Crippen LogP contribution in [-0.2, 0) is 14.1 Å². The molecule has 0 fully saturated rings. The summed E-state index contributed by atoms with van der Waals surface area (Å²) in [5.41, 5.74) is 0. The summed E-state index contributed by atoms with van der Waals surface area (Å²) in [7, 11) is -5.00. The van der Waals surface area contributed by atoms with E-state index in [1.54, 1.807) is 0 Å². The maximum absolute atomic E-state index is 10.9. The van der Waals surface area contributed by atoms with Gasteiger partial charge in [-0.05, 0) is 13.2 Å². The van der Waals surface area contributed by atoms with E-state index in [0.717, 1.165) is 6.92 Å². The van der Waals surface area contributed by atoms with Crippen molar-refractivity contribution in [1.82, 2.24) is 0 Å². The Morgan fingerprint density at radius 2 is 1.83 bits per heavy atom. The fraction of sp³-hybridized carbons (Fsp3) is 0.600. The molecule has 0 amide bonds. The van der Waals surface area contributed by atoms with Gasteiger partial charge in [0, 0.05) is 0 Å². The quantitative estimate of drug-likeness (QED) is 0.479. The van der Waals surface area contributed by atoms with Gasteiger partial charge >= 0.3 is 34.9 Å². The molecule has 0 aliphatic heterocycles. The van der Waals surface area contributed by atoms with Gasteiger partial charge in [0.05, 0.1) is 5.75 Å². The third kappa shape index (κ3) is 4.32. The van der Waals surface area contributed by atoms with E-state index in [2.05, 4.69) is 0 Å². The summed E-state index contributed by atoms with van der Waals surface area (Å²) in [4.78, 5) is 20.5. The van der Waals surface area contributed by atoms with Gasteiger partial charge in [0.1, 0.15) is 5.78 Å². The standard InChI is InChI=1S/C5H10O5S.Na/c1-4(6)3-11(2,9,10)5(7)8;/h3H2,1-2H3,(H,7,8)(H,9,10);/q;+1/p-1. The molecular weight excluding hydrogens is 195 g/mol. The Hall–Kier alpha value is 0.250. The predicted molar refractivity (Wildman–Crippen MR) is 38.4 cm³/mol. The van der Waals surface area contributed by atoms with Crippen molar-refractivity contribution >= 4 is 20.4 Å². The van der Waals surface area contributed by atoms with E-state index in [1.807, 2.05) is 0 Å². The maximum Gasteiger partial charge on any atom is 1.00 e. The van der Waals surface area contributed by atoms with Crippen LogP contribution in [0.4, 0.5) is 4.79 Å². The normalized spacial score (nSPS) is 13.8. The van der Waals surface area contributed by atoms with Gasteiger partial charge < -0.3 is 9.66 Å². The summed E-state index contributed by atoms with van der Waals surface area (Å²) in [6.45, 7) is 1.03. The second-order valence-electron chi connectivity index (χ2n) is 2.55. The van der Waals surface area contributed by atoms with Crippen molar-refractivity contribution in [2.45, 2.75) is 6.92 Å². The molecule has 0 aliphatic rings. The van der Waals surface area contributed by atoms with E-state index < -0.39 is 26.2 Å². The molecule has 0 unspecified atom stereocenters. The molecule has 0 aromatic heterocycles. The van der Waals surface area contributed by atoms with Crippen LogP contribution in [0.3, 0.4) is 0 Å². The zero-order valence-corrected chi connectivity index (χ0v) is 10.0. The fourth-order valence-corrected chi connectivity index (χ4v) is 1.60. The van der Waals surface area contributed by atoms with Gasteiger partial charge in [0.15, 0.2) is 0 Å². The Kier molecular flexibility index (Phi) is 4.88. The van der Waals surface area contributed by atoms with Crippen LogP contribution in [0.25, 0.3) is 0 Å². The zero-order valence-electron chi connectivity index (χ0n) is 7.20. The van der Waals surface area contributed by atoms with Crippen LogP contribution in [0.5, 0.6) is 0 Å². The molecule has 7 heteroatoms. The van der Waals surface area contributed by atoms with Crippen molar-refractivity contribution in [2.24, 2.45) is 0 Å². The Balaban J connectivity index is 0. The SMILES string of the molecule is CC(=O)CS(C)(=O)([O-])C(=O)O.[Na+]. The Morgan fingerprint density at radius 1 is 1.50 bits per heavy atom. The minimum Gasteiger partial charge on any atom is -0.761 e. The van der Waals surface area contributed by atoms with Crippen molar-refractivity contribution in [1.29, 1.82) is 0 Å². The van der Waals surface area contributed by atoms with Crippen molar-refractivity contribution in [3.63, 3.8) is 0 Å². The number of rotatable bonds is 2. The van der Waals surface area contributed by atoms with Gasteiger partial charge in [0.2, 0.25) is 0 Å². The van der Waals surface area contributed by atoms with Crippen LogP contribution >= 0.6 is 0 Å². The predicted octanol–water partition coefficient (Wildman–Crippen LogP) is -3.16. The van der Waals surface area contributed by atoms with Crippen molar-refractivity contribution in [3.8, 4) is 0 Å². The second-order valence-corrected chi connectivity index (χ2v) is 6.07. The third-order valence-corrected chi connectivity index (χ3v) is 2.93. The molecule has 0 saturated carbocycles. The molecule has 0 aromatic carbocycles. The van der Waals surface area contributed by atoms with Crippen LogP contribution in [0.15, 0.2) is 0 Å². The first-order chi connectivity index (χ1) is 4.63. The maximum atomic E-state index is 10.9.